The summed E-state index contributed by atoms with van der Waals surface area (Å²) in [6.45, 7) is 3.55. The highest BCUT2D eigenvalue weighted by Gasteiger charge is 2.28. The zero-order chi connectivity index (χ0) is 17.9. The Morgan fingerprint density at radius 2 is 1.58 bits per heavy atom. The largest absolute Gasteiger partial charge is 0.368 e. The first-order valence-corrected chi connectivity index (χ1v) is 9.72. The number of nitrogens with zero attached hydrogens (tertiary/aromatic N) is 3. The van der Waals surface area contributed by atoms with Crippen LogP contribution in [-0.4, -0.2) is 42.2 Å². The molecule has 2 aromatic rings. The number of piperazine rings is 1. The van der Waals surface area contributed by atoms with E-state index in [-0.39, 0.29) is 5.91 Å². The molecule has 2 heterocycles. The van der Waals surface area contributed by atoms with Crippen molar-refractivity contribution in [2.75, 3.05) is 31.1 Å². The molecule has 2 aliphatic rings. The van der Waals surface area contributed by atoms with Crippen LogP contribution >= 0.6 is 23.4 Å². The van der Waals surface area contributed by atoms with E-state index >= 15 is 0 Å². The maximum absolute atomic E-state index is 12.3. The van der Waals surface area contributed by atoms with Gasteiger partial charge in [-0.25, -0.2) is 0 Å². The molecule has 2 aromatic carbocycles. The van der Waals surface area contributed by atoms with Gasteiger partial charge in [-0.05, 0) is 41.6 Å². The Kier molecular flexibility index (Phi) is 5.00. The Hall–Kier alpha value is -2.24. The van der Waals surface area contributed by atoms with Gasteiger partial charge in [0.1, 0.15) is 0 Å². The lowest BCUT2D eigenvalue weighted by Gasteiger charge is -2.36. The van der Waals surface area contributed by atoms with Crippen molar-refractivity contribution in [1.29, 1.82) is 0 Å². The van der Waals surface area contributed by atoms with Crippen LogP contribution in [-0.2, 0) is 4.79 Å². The first-order valence-electron chi connectivity index (χ1n) is 8.53. The standard InChI is InChI=1S/C20H18ClN3OS/c21-17-9-5-4-6-15(17)14-18-19(25)22-20(26-18)24-12-10-23(11-13-24)16-7-2-1-3-8-16/h1-9,14H,10-13H2/b18-14+. The van der Waals surface area contributed by atoms with Crippen LogP contribution in [0.4, 0.5) is 5.69 Å². The van der Waals surface area contributed by atoms with Crippen molar-refractivity contribution in [3.05, 3.63) is 70.1 Å². The molecule has 0 unspecified atom stereocenters. The van der Waals surface area contributed by atoms with Crippen molar-refractivity contribution in [3.8, 4) is 0 Å². The Morgan fingerprint density at radius 3 is 2.31 bits per heavy atom. The van der Waals surface area contributed by atoms with Gasteiger partial charge in [-0.2, -0.15) is 4.99 Å². The van der Waals surface area contributed by atoms with Gasteiger partial charge in [-0.1, -0.05) is 48.0 Å². The fourth-order valence-corrected chi connectivity index (χ4v) is 4.21. The fraction of sp³-hybridized carbons (Fsp3) is 0.200. The molecule has 0 saturated carbocycles. The van der Waals surface area contributed by atoms with Crippen molar-refractivity contribution in [2.45, 2.75) is 0 Å². The summed E-state index contributed by atoms with van der Waals surface area (Å²) in [7, 11) is 0. The molecule has 2 aliphatic heterocycles. The van der Waals surface area contributed by atoms with Crippen LogP contribution in [0.5, 0.6) is 0 Å². The quantitative estimate of drug-likeness (QED) is 0.730. The molecular formula is C20H18ClN3OS. The molecule has 0 aliphatic carbocycles. The maximum atomic E-state index is 12.3. The Morgan fingerprint density at radius 1 is 0.923 bits per heavy atom. The molecular weight excluding hydrogens is 366 g/mol. The predicted molar refractivity (Wildman–Crippen MR) is 110 cm³/mol. The van der Waals surface area contributed by atoms with Gasteiger partial charge in [-0.15, -0.1) is 0 Å². The first kappa shape index (κ1) is 17.2. The number of carbonyl (C=O) groups excluding carboxylic acids is 1. The number of halogens is 1. The van der Waals surface area contributed by atoms with Crippen LogP contribution in [0, 0.1) is 0 Å². The molecule has 6 heteroatoms. The average molecular weight is 384 g/mol. The van der Waals surface area contributed by atoms with E-state index in [1.54, 1.807) is 0 Å². The molecule has 0 spiro atoms. The van der Waals surface area contributed by atoms with Crippen LogP contribution in [0.3, 0.4) is 0 Å². The molecule has 4 rings (SSSR count). The highest BCUT2D eigenvalue weighted by Crippen LogP contribution is 2.32. The minimum atomic E-state index is -0.185. The molecule has 1 saturated heterocycles. The second-order valence-corrected chi connectivity index (χ2v) is 7.56. The van der Waals surface area contributed by atoms with E-state index in [0.29, 0.717) is 9.93 Å². The molecule has 0 bridgehead atoms. The lowest BCUT2D eigenvalue weighted by molar-refractivity contribution is -0.113. The Balaban J connectivity index is 1.42. The predicted octanol–water partition coefficient (Wildman–Crippen LogP) is 4.13. The molecule has 0 radical (unpaired) electrons. The van der Waals surface area contributed by atoms with Gasteiger partial charge in [0.15, 0.2) is 5.17 Å². The molecule has 1 amide bonds. The summed E-state index contributed by atoms with van der Waals surface area (Å²) in [6.07, 6.45) is 1.83. The maximum Gasteiger partial charge on any atom is 0.286 e. The van der Waals surface area contributed by atoms with Gasteiger partial charge in [0.05, 0.1) is 4.91 Å². The van der Waals surface area contributed by atoms with Crippen molar-refractivity contribution >= 4 is 46.2 Å². The van der Waals surface area contributed by atoms with E-state index < -0.39 is 0 Å². The molecule has 0 N–H and O–H groups in total. The molecule has 0 atom stereocenters. The lowest BCUT2D eigenvalue weighted by atomic mass is 10.2. The summed E-state index contributed by atoms with van der Waals surface area (Å²) < 4.78 is 0. The first-order chi connectivity index (χ1) is 12.7. The number of anilines is 1. The van der Waals surface area contributed by atoms with Crippen molar-refractivity contribution in [3.63, 3.8) is 0 Å². The zero-order valence-electron chi connectivity index (χ0n) is 14.1. The summed E-state index contributed by atoms with van der Waals surface area (Å²) in [5.74, 6) is -0.185. The van der Waals surface area contributed by atoms with Crippen LogP contribution in [0.1, 0.15) is 5.56 Å². The van der Waals surface area contributed by atoms with Gasteiger partial charge >= 0.3 is 0 Å². The number of amidine groups is 1. The SMILES string of the molecule is O=C1N=C(N2CCN(c3ccccc3)CC2)S/C1=C/c1ccccc1Cl. The van der Waals surface area contributed by atoms with Crippen LogP contribution in [0.25, 0.3) is 6.08 Å². The molecule has 0 aromatic heterocycles. The Labute approximate surface area is 162 Å². The van der Waals surface area contributed by atoms with E-state index in [4.69, 9.17) is 11.6 Å². The lowest BCUT2D eigenvalue weighted by Crippen LogP contribution is -2.47. The minimum absolute atomic E-state index is 0.185. The van der Waals surface area contributed by atoms with E-state index in [1.165, 1.54) is 17.4 Å². The summed E-state index contributed by atoms with van der Waals surface area (Å²) in [5, 5.41) is 1.43. The second-order valence-electron chi connectivity index (χ2n) is 6.14. The van der Waals surface area contributed by atoms with Crippen LogP contribution < -0.4 is 4.90 Å². The van der Waals surface area contributed by atoms with Gasteiger partial charge < -0.3 is 9.80 Å². The summed E-state index contributed by atoms with van der Waals surface area (Å²) in [5.41, 5.74) is 2.08. The van der Waals surface area contributed by atoms with Crippen molar-refractivity contribution in [1.82, 2.24) is 4.90 Å². The van der Waals surface area contributed by atoms with E-state index in [1.807, 2.05) is 36.4 Å². The van der Waals surface area contributed by atoms with E-state index in [0.717, 1.165) is 36.9 Å². The highest BCUT2D eigenvalue weighted by atomic mass is 35.5. The van der Waals surface area contributed by atoms with Gasteiger partial charge in [0.25, 0.3) is 5.91 Å². The number of hydrogen-bond acceptors (Lipinski definition) is 4. The highest BCUT2D eigenvalue weighted by molar-refractivity contribution is 8.18. The van der Waals surface area contributed by atoms with Crippen LogP contribution in [0.15, 0.2) is 64.5 Å². The zero-order valence-corrected chi connectivity index (χ0v) is 15.7. The number of aliphatic imine (C=N–C) groups is 1. The number of thioether (sulfide) groups is 1. The number of para-hydroxylation sites is 1. The van der Waals surface area contributed by atoms with Crippen molar-refractivity contribution in [2.24, 2.45) is 4.99 Å². The van der Waals surface area contributed by atoms with Gasteiger partial charge in [-0.3, -0.25) is 4.79 Å². The summed E-state index contributed by atoms with van der Waals surface area (Å²) in [6, 6.07) is 17.9. The second kappa shape index (κ2) is 7.56. The summed E-state index contributed by atoms with van der Waals surface area (Å²) in [4.78, 5) is 21.7. The molecule has 26 heavy (non-hydrogen) atoms. The number of rotatable bonds is 2. The topological polar surface area (TPSA) is 35.9 Å². The molecule has 4 nitrogen and oxygen atoms in total. The monoisotopic (exact) mass is 383 g/mol. The van der Waals surface area contributed by atoms with Gasteiger partial charge in [0.2, 0.25) is 0 Å². The Bertz CT molecular complexity index is 874. The third-order valence-electron chi connectivity index (χ3n) is 4.47. The molecule has 132 valence electrons. The normalized spacial score (nSPS) is 19.2. The number of amides is 1. The third kappa shape index (κ3) is 3.64. The number of hydrogen-bond donors (Lipinski definition) is 0. The third-order valence-corrected chi connectivity index (χ3v) is 5.86. The molecule has 1 fully saturated rings. The minimum Gasteiger partial charge on any atom is -0.368 e. The summed E-state index contributed by atoms with van der Waals surface area (Å²) >= 11 is 7.63. The number of benzene rings is 2. The smallest absolute Gasteiger partial charge is 0.286 e. The van der Waals surface area contributed by atoms with E-state index in [9.17, 15) is 4.79 Å². The van der Waals surface area contributed by atoms with Gasteiger partial charge in [0, 0.05) is 36.9 Å². The average Bonchev–Trinajstić information content (AvgIpc) is 3.05. The van der Waals surface area contributed by atoms with E-state index in [2.05, 4.69) is 39.1 Å². The van der Waals surface area contributed by atoms with Crippen molar-refractivity contribution < 1.29 is 4.79 Å². The fourth-order valence-electron chi connectivity index (χ4n) is 3.06. The van der Waals surface area contributed by atoms with Crippen LogP contribution in [0.2, 0.25) is 5.02 Å². The number of carbonyl (C=O) groups is 1.